The standard InChI is InChI=1S/C17H28/c1-5-7-9-16(10-8-6-2)17-12-11-14(3)13-15(17)4/h11-13,16H,5-10H2,1-4H3. The largest absolute Gasteiger partial charge is 0.0654 e. The van der Waals surface area contributed by atoms with Crippen molar-refractivity contribution in [1.29, 1.82) is 0 Å². The van der Waals surface area contributed by atoms with E-state index in [4.69, 9.17) is 0 Å². The number of unbranched alkanes of at least 4 members (excludes halogenated alkanes) is 2. The topological polar surface area (TPSA) is 0 Å². The van der Waals surface area contributed by atoms with Gasteiger partial charge in [0.15, 0.2) is 0 Å². The summed E-state index contributed by atoms with van der Waals surface area (Å²) < 4.78 is 0. The molecule has 0 amide bonds. The van der Waals surface area contributed by atoms with Crippen LogP contribution in [0.4, 0.5) is 0 Å². The smallest absolute Gasteiger partial charge is 0.0159 e. The van der Waals surface area contributed by atoms with Crippen LogP contribution < -0.4 is 0 Å². The third-order valence-electron chi connectivity index (χ3n) is 3.68. The Hall–Kier alpha value is -0.780. The third-order valence-corrected chi connectivity index (χ3v) is 3.68. The summed E-state index contributed by atoms with van der Waals surface area (Å²) in [7, 11) is 0. The molecule has 0 spiro atoms. The lowest BCUT2D eigenvalue weighted by Gasteiger charge is -2.19. The quantitative estimate of drug-likeness (QED) is 0.560. The molecular formula is C17H28. The van der Waals surface area contributed by atoms with E-state index in [1.54, 1.807) is 5.56 Å². The van der Waals surface area contributed by atoms with E-state index in [0.29, 0.717) is 0 Å². The van der Waals surface area contributed by atoms with Crippen LogP contribution in [0, 0.1) is 13.8 Å². The number of hydrogen-bond donors (Lipinski definition) is 0. The highest BCUT2D eigenvalue weighted by molar-refractivity contribution is 5.33. The molecule has 1 aromatic rings. The van der Waals surface area contributed by atoms with Gasteiger partial charge in [-0.15, -0.1) is 0 Å². The van der Waals surface area contributed by atoms with Crippen LogP contribution in [-0.4, -0.2) is 0 Å². The Kier molecular flexibility index (Phi) is 6.32. The molecule has 0 fully saturated rings. The first-order chi connectivity index (χ1) is 8.19. The van der Waals surface area contributed by atoms with Gasteiger partial charge in [0.25, 0.3) is 0 Å². The molecule has 0 saturated carbocycles. The lowest BCUT2D eigenvalue weighted by Crippen LogP contribution is -2.02. The molecule has 96 valence electrons. The molecule has 0 atom stereocenters. The summed E-state index contributed by atoms with van der Waals surface area (Å²) in [5.41, 5.74) is 4.47. The van der Waals surface area contributed by atoms with Crippen LogP contribution in [0.25, 0.3) is 0 Å². The zero-order valence-corrected chi connectivity index (χ0v) is 12.1. The van der Waals surface area contributed by atoms with Gasteiger partial charge in [0.05, 0.1) is 0 Å². The van der Waals surface area contributed by atoms with Crippen LogP contribution in [0.2, 0.25) is 0 Å². The lowest BCUT2D eigenvalue weighted by atomic mass is 9.86. The Morgan fingerprint density at radius 3 is 2.00 bits per heavy atom. The SMILES string of the molecule is CCCCC(CCCC)c1ccc(C)cc1C. The number of aryl methyl sites for hydroxylation is 2. The van der Waals surface area contributed by atoms with Crippen LogP contribution in [0.3, 0.4) is 0 Å². The van der Waals surface area contributed by atoms with Gasteiger partial charge >= 0.3 is 0 Å². The van der Waals surface area contributed by atoms with E-state index >= 15 is 0 Å². The first-order valence-corrected chi connectivity index (χ1v) is 7.26. The highest BCUT2D eigenvalue weighted by Gasteiger charge is 2.12. The summed E-state index contributed by atoms with van der Waals surface area (Å²) in [5.74, 6) is 0.787. The summed E-state index contributed by atoms with van der Waals surface area (Å²) >= 11 is 0. The Morgan fingerprint density at radius 1 is 0.941 bits per heavy atom. The molecule has 0 saturated heterocycles. The van der Waals surface area contributed by atoms with Gasteiger partial charge in [-0.3, -0.25) is 0 Å². The van der Waals surface area contributed by atoms with Gasteiger partial charge in [-0.05, 0) is 43.7 Å². The van der Waals surface area contributed by atoms with Crippen molar-refractivity contribution in [2.45, 2.75) is 72.1 Å². The van der Waals surface area contributed by atoms with E-state index in [0.717, 1.165) is 5.92 Å². The molecular weight excluding hydrogens is 204 g/mol. The molecule has 17 heavy (non-hydrogen) atoms. The van der Waals surface area contributed by atoms with Gasteiger partial charge in [-0.1, -0.05) is 63.3 Å². The summed E-state index contributed by atoms with van der Waals surface area (Å²) in [4.78, 5) is 0. The molecule has 0 N–H and O–H groups in total. The van der Waals surface area contributed by atoms with E-state index in [1.807, 2.05) is 0 Å². The van der Waals surface area contributed by atoms with Crippen LogP contribution in [0.15, 0.2) is 18.2 Å². The molecule has 0 heteroatoms. The molecule has 0 heterocycles. The molecule has 0 nitrogen and oxygen atoms in total. The van der Waals surface area contributed by atoms with E-state index in [1.165, 1.54) is 49.7 Å². The Balaban J connectivity index is 2.79. The van der Waals surface area contributed by atoms with E-state index < -0.39 is 0 Å². The molecule has 0 aliphatic rings. The van der Waals surface area contributed by atoms with Gasteiger partial charge in [-0.25, -0.2) is 0 Å². The van der Waals surface area contributed by atoms with E-state index in [2.05, 4.69) is 45.9 Å². The zero-order valence-electron chi connectivity index (χ0n) is 12.1. The van der Waals surface area contributed by atoms with Crippen LogP contribution in [-0.2, 0) is 0 Å². The minimum Gasteiger partial charge on any atom is -0.0654 e. The fraction of sp³-hybridized carbons (Fsp3) is 0.647. The predicted octanol–water partition coefficient (Wildman–Crippen LogP) is 5.77. The van der Waals surface area contributed by atoms with Gasteiger partial charge < -0.3 is 0 Å². The average molecular weight is 232 g/mol. The second-order valence-corrected chi connectivity index (χ2v) is 5.34. The maximum atomic E-state index is 2.36. The average Bonchev–Trinajstić information content (AvgIpc) is 2.30. The van der Waals surface area contributed by atoms with Crippen molar-refractivity contribution < 1.29 is 0 Å². The van der Waals surface area contributed by atoms with Gasteiger partial charge in [0, 0.05) is 0 Å². The van der Waals surface area contributed by atoms with Crippen molar-refractivity contribution in [2.24, 2.45) is 0 Å². The van der Waals surface area contributed by atoms with Crippen molar-refractivity contribution in [3.63, 3.8) is 0 Å². The number of benzene rings is 1. The Morgan fingerprint density at radius 2 is 1.53 bits per heavy atom. The van der Waals surface area contributed by atoms with Crippen LogP contribution in [0.1, 0.15) is 75.0 Å². The molecule has 0 bridgehead atoms. The van der Waals surface area contributed by atoms with Gasteiger partial charge in [-0.2, -0.15) is 0 Å². The van der Waals surface area contributed by atoms with E-state index in [9.17, 15) is 0 Å². The van der Waals surface area contributed by atoms with E-state index in [-0.39, 0.29) is 0 Å². The fourth-order valence-electron chi connectivity index (χ4n) is 2.64. The predicted molar refractivity (Wildman–Crippen MR) is 77.7 cm³/mol. The molecule has 0 unspecified atom stereocenters. The molecule has 0 aliphatic carbocycles. The zero-order chi connectivity index (χ0) is 12.7. The number of hydrogen-bond acceptors (Lipinski definition) is 0. The highest BCUT2D eigenvalue weighted by Crippen LogP contribution is 2.30. The first kappa shape index (κ1) is 14.3. The lowest BCUT2D eigenvalue weighted by molar-refractivity contribution is 0.523. The summed E-state index contributed by atoms with van der Waals surface area (Å²) in [6.07, 6.45) is 8.07. The first-order valence-electron chi connectivity index (χ1n) is 7.26. The minimum absolute atomic E-state index is 0.787. The highest BCUT2D eigenvalue weighted by atomic mass is 14.2. The third kappa shape index (κ3) is 4.53. The summed E-state index contributed by atoms with van der Waals surface area (Å²) in [6.45, 7) is 9.04. The maximum Gasteiger partial charge on any atom is -0.0159 e. The van der Waals surface area contributed by atoms with Crippen molar-refractivity contribution >= 4 is 0 Å². The molecule has 0 radical (unpaired) electrons. The molecule has 0 aromatic heterocycles. The molecule has 1 aromatic carbocycles. The molecule has 1 rings (SSSR count). The monoisotopic (exact) mass is 232 g/mol. The van der Waals surface area contributed by atoms with Crippen LogP contribution >= 0.6 is 0 Å². The van der Waals surface area contributed by atoms with Crippen molar-refractivity contribution in [3.05, 3.63) is 34.9 Å². The maximum absolute atomic E-state index is 2.36. The van der Waals surface area contributed by atoms with Crippen LogP contribution in [0.5, 0.6) is 0 Å². The minimum atomic E-state index is 0.787. The van der Waals surface area contributed by atoms with Crippen molar-refractivity contribution in [1.82, 2.24) is 0 Å². The number of rotatable bonds is 7. The fourth-order valence-corrected chi connectivity index (χ4v) is 2.64. The van der Waals surface area contributed by atoms with Gasteiger partial charge in [0.1, 0.15) is 0 Å². The van der Waals surface area contributed by atoms with Gasteiger partial charge in [0.2, 0.25) is 0 Å². The molecule has 0 aliphatic heterocycles. The van der Waals surface area contributed by atoms with Crippen molar-refractivity contribution in [3.8, 4) is 0 Å². The summed E-state index contributed by atoms with van der Waals surface area (Å²) in [6, 6.07) is 6.97. The summed E-state index contributed by atoms with van der Waals surface area (Å²) in [5, 5.41) is 0. The normalized spacial score (nSPS) is 11.1. The second-order valence-electron chi connectivity index (χ2n) is 5.34. The second kappa shape index (κ2) is 7.53. The van der Waals surface area contributed by atoms with Crippen molar-refractivity contribution in [2.75, 3.05) is 0 Å². The Labute approximate surface area is 107 Å². The Bertz CT molecular complexity index is 317.